The van der Waals surface area contributed by atoms with Crippen LogP contribution in [-0.4, -0.2) is 33.3 Å². The summed E-state index contributed by atoms with van der Waals surface area (Å²) in [6, 6.07) is 0. The van der Waals surface area contributed by atoms with Crippen LogP contribution in [0.25, 0.3) is 0 Å². The van der Waals surface area contributed by atoms with E-state index >= 15 is 0 Å². The predicted molar refractivity (Wildman–Crippen MR) is 102 cm³/mol. The van der Waals surface area contributed by atoms with E-state index in [1.54, 1.807) is 0 Å². The Morgan fingerprint density at radius 3 is 2.25 bits per heavy atom. The zero-order valence-electron chi connectivity index (χ0n) is 16.6. The van der Waals surface area contributed by atoms with E-state index in [1.807, 2.05) is 0 Å². The van der Waals surface area contributed by atoms with Crippen molar-refractivity contribution < 1.29 is 18.8 Å². The summed E-state index contributed by atoms with van der Waals surface area (Å²) in [5.74, 6) is -0.607. The van der Waals surface area contributed by atoms with E-state index in [-0.39, 0.29) is 23.0 Å². The number of ether oxygens (including phenoxy) is 1. The lowest BCUT2D eigenvalue weighted by Crippen LogP contribution is -2.43. The number of carbonyl (C=O) groups is 2. The van der Waals surface area contributed by atoms with Gasteiger partial charge in [-0.05, 0) is 36.5 Å². The molecule has 0 spiro atoms. The maximum Gasteiger partial charge on any atom is 0.302 e. The van der Waals surface area contributed by atoms with E-state index in [2.05, 4.69) is 47.4 Å². The largest absolute Gasteiger partial charge is 0.462 e. The van der Waals surface area contributed by atoms with Crippen molar-refractivity contribution in [2.24, 2.45) is 5.92 Å². The SMILES string of the molecule is C=C(C=O)[C@@H](CO[Si](C)(C)C(C)(C)C)[C@H](CCCCC)OC(C)=O. The molecular weight excluding hydrogens is 320 g/mol. The molecule has 0 bridgehead atoms. The number of hydrogen-bond donors (Lipinski definition) is 0. The number of esters is 1. The number of carbonyl (C=O) groups excluding carboxylic acids is 2. The maximum atomic E-state index is 11.5. The first-order valence-electron chi connectivity index (χ1n) is 8.91. The van der Waals surface area contributed by atoms with Gasteiger partial charge in [0.2, 0.25) is 0 Å². The number of rotatable bonds is 11. The zero-order valence-corrected chi connectivity index (χ0v) is 17.6. The molecule has 0 aliphatic carbocycles. The Morgan fingerprint density at radius 1 is 1.25 bits per heavy atom. The van der Waals surface area contributed by atoms with Gasteiger partial charge >= 0.3 is 5.97 Å². The third-order valence-electron chi connectivity index (χ3n) is 4.92. The molecule has 0 amide bonds. The molecule has 5 heteroatoms. The van der Waals surface area contributed by atoms with Crippen molar-refractivity contribution in [2.75, 3.05) is 6.61 Å². The minimum absolute atomic E-state index is 0.0825. The summed E-state index contributed by atoms with van der Waals surface area (Å²) in [5, 5.41) is 0.0825. The monoisotopic (exact) mass is 356 g/mol. The van der Waals surface area contributed by atoms with Crippen molar-refractivity contribution in [2.45, 2.75) is 84.5 Å². The Bertz CT molecular complexity index is 424. The number of aldehydes is 1. The van der Waals surface area contributed by atoms with Crippen LogP contribution in [0.4, 0.5) is 0 Å². The Hall–Kier alpha value is -0.943. The van der Waals surface area contributed by atoms with Crippen LogP contribution in [0.3, 0.4) is 0 Å². The highest BCUT2D eigenvalue weighted by atomic mass is 28.4. The van der Waals surface area contributed by atoms with E-state index in [9.17, 15) is 9.59 Å². The summed E-state index contributed by atoms with van der Waals surface area (Å²) in [6.45, 7) is 18.6. The van der Waals surface area contributed by atoms with Crippen LogP contribution in [0.15, 0.2) is 12.2 Å². The predicted octanol–water partition coefficient (Wildman–Crippen LogP) is 4.89. The van der Waals surface area contributed by atoms with Gasteiger partial charge in [-0.2, -0.15) is 0 Å². The second-order valence-corrected chi connectivity index (χ2v) is 12.8. The molecule has 0 aromatic rings. The molecule has 0 aromatic carbocycles. The number of unbranched alkanes of at least 4 members (excludes halogenated alkanes) is 2. The second kappa shape index (κ2) is 10.1. The van der Waals surface area contributed by atoms with Gasteiger partial charge < -0.3 is 9.16 Å². The quantitative estimate of drug-likeness (QED) is 0.174. The van der Waals surface area contributed by atoms with Crippen LogP contribution in [0, 0.1) is 5.92 Å². The fraction of sp³-hybridized carbons (Fsp3) is 0.789. The molecule has 0 N–H and O–H groups in total. The van der Waals surface area contributed by atoms with E-state index in [4.69, 9.17) is 9.16 Å². The van der Waals surface area contributed by atoms with Crippen molar-refractivity contribution in [3.05, 3.63) is 12.2 Å². The molecule has 0 radical (unpaired) electrons. The maximum absolute atomic E-state index is 11.5. The van der Waals surface area contributed by atoms with Gasteiger partial charge in [-0.3, -0.25) is 9.59 Å². The van der Waals surface area contributed by atoms with Crippen LogP contribution in [-0.2, 0) is 18.8 Å². The summed E-state index contributed by atoms with van der Waals surface area (Å²) in [6.07, 6.45) is 4.25. The lowest BCUT2D eigenvalue weighted by Gasteiger charge is -2.38. The van der Waals surface area contributed by atoms with Gasteiger partial charge in [0.1, 0.15) is 12.4 Å². The molecule has 140 valence electrons. The van der Waals surface area contributed by atoms with E-state index < -0.39 is 8.32 Å². The van der Waals surface area contributed by atoms with Gasteiger partial charge in [-0.15, -0.1) is 0 Å². The van der Waals surface area contributed by atoms with Crippen LogP contribution in [0.5, 0.6) is 0 Å². The Balaban J connectivity index is 5.19. The molecular formula is C19H36O4Si. The van der Waals surface area contributed by atoms with Crippen LogP contribution >= 0.6 is 0 Å². The summed E-state index contributed by atoms with van der Waals surface area (Å²) in [5.41, 5.74) is 0.441. The summed E-state index contributed by atoms with van der Waals surface area (Å²) < 4.78 is 11.8. The smallest absolute Gasteiger partial charge is 0.302 e. The van der Waals surface area contributed by atoms with Crippen molar-refractivity contribution in [3.8, 4) is 0 Å². The molecule has 0 aliphatic rings. The van der Waals surface area contributed by atoms with Crippen molar-refractivity contribution in [1.29, 1.82) is 0 Å². The summed E-state index contributed by atoms with van der Waals surface area (Å²) in [7, 11) is -1.95. The molecule has 0 saturated heterocycles. The first-order chi connectivity index (χ1) is 11.0. The van der Waals surface area contributed by atoms with Crippen molar-refractivity contribution >= 4 is 20.6 Å². The fourth-order valence-electron chi connectivity index (χ4n) is 2.21. The van der Waals surface area contributed by atoms with E-state index in [0.717, 1.165) is 32.0 Å². The molecule has 0 heterocycles. The lowest BCUT2D eigenvalue weighted by molar-refractivity contribution is -0.149. The Labute approximate surface area is 149 Å². The minimum Gasteiger partial charge on any atom is -0.462 e. The van der Waals surface area contributed by atoms with Crippen molar-refractivity contribution in [3.63, 3.8) is 0 Å². The summed E-state index contributed by atoms with van der Waals surface area (Å²) in [4.78, 5) is 22.8. The molecule has 0 aromatic heterocycles. The minimum atomic E-state index is -1.95. The Kier molecular flexibility index (Phi) is 9.74. The highest BCUT2D eigenvalue weighted by Gasteiger charge is 2.39. The molecule has 0 fully saturated rings. The molecule has 2 atom stereocenters. The van der Waals surface area contributed by atoms with Gasteiger partial charge in [0, 0.05) is 19.4 Å². The average Bonchev–Trinajstić information content (AvgIpc) is 2.45. The fourth-order valence-corrected chi connectivity index (χ4v) is 3.24. The molecule has 0 aliphatic heterocycles. The standard InChI is InChI=1S/C19H36O4Si/c1-9-10-11-12-18(23-16(3)21)17(15(2)13-20)14-22-24(7,8)19(4,5)6/h13,17-18H,2,9-12,14H2,1,3-8H3/t17-,18+/m1/s1. The van der Waals surface area contributed by atoms with E-state index in [1.165, 1.54) is 6.92 Å². The van der Waals surface area contributed by atoms with Gasteiger partial charge in [0.05, 0.1) is 0 Å². The first-order valence-corrected chi connectivity index (χ1v) is 11.8. The topological polar surface area (TPSA) is 52.6 Å². The van der Waals surface area contributed by atoms with Gasteiger partial charge in [0.15, 0.2) is 8.32 Å². The average molecular weight is 357 g/mol. The normalized spacial score (nSPS) is 14.8. The third-order valence-corrected chi connectivity index (χ3v) is 9.42. The van der Waals surface area contributed by atoms with E-state index in [0.29, 0.717) is 12.2 Å². The van der Waals surface area contributed by atoms with Gasteiger partial charge in [-0.25, -0.2) is 0 Å². The number of hydrogen-bond acceptors (Lipinski definition) is 4. The Morgan fingerprint density at radius 2 is 1.83 bits per heavy atom. The van der Waals surface area contributed by atoms with Crippen LogP contribution in [0.1, 0.15) is 60.3 Å². The molecule has 4 nitrogen and oxygen atoms in total. The van der Waals surface area contributed by atoms with Crippen LogP contribution in [0.2, 0.25) is 18.1 Å². The highest BCUT2D eigenvalue weighted by Crippen LogP contribution is 2.37. The molecule has 0 rings (SSSR count). The lowest BCUT2D eigenvalue weighted by atomic mass is 9.92. The highest BCUT2D eigenvalue weighted by molar-refractivity contribution is 6.74. The summed E-state index contributed by atoms with van der Waals surface area (Å²) >= 11 is 0. The van der Waals surface area contributed by atoms with Gasteiger partial charge in [-0.1, -0.05) is 47.1 Å². The molecule has 0 saturated carbocycles. The molecule has 24 heavy (non-hydrogen) atoms. The van der Waals surface area contributed by atoms with Crippen LogP contribution < -0.4 is 0 Å². The van der Waals surface area contributed by atoms with Gasteiger partial charge in [0.25, 0.3) is 0 Å². The third kappa shape index (κ3) is 7.75. The zero-order chi connectivity index (χ0) is 19.0. The molecule has 0 unspecified atom stereocenters. The van der Waals surface area contributed by atoms with Crippen molar-refractivity contribution in [1.82, 2.24) is 0 Å². The first kappa shape index (κ1) is 23.1. The second-order valence-electron chi connectivity index (χ2n) is 8.01.